The summed E-state index contributed by atoms with van der Waals surface area (Å²) < 4.78 is 2.33. The summed E-state index contributed by atoms with van der Waals surface area (Å²) in [5.74, 6) is 1.18. The van der Waals surface area contributed by atoms with Crippen molar-refractivity contribution in [3.8, 4) is 0 Å². The van der Waals surface area contributed by atoms with Crippen molar-refractivity contribution >= 4 is 11.0 Å². The zero-order chi connectivity index (χ0) is 12.1. The van der Waals surface area contributed by atoms with Crippen molar-refractivity contribution in [3.05, 3.63) is 30.1 Å². The molecule has 0 fully saturated rings. The predicted octanol–water partition coefficient (Wildman–Crippen LogP) is 2.60. The first kappa shape index (κ1) is 12.1. The minimum absolute atomic E-state index is 0.989. The highest BCUT2D eigenvalue weighted by Gasteiger charge is 2.07. The van der Waals surface area contributed by atoms with Crippen LogP contribution in [0.15, 0.2) is 24.3 Å². The van der Waals surface area contributed by atoms with Crippen LogP contribution in [0.1, 0.15) is 26.1 Å². The van der Waals surface area contributed by atoms with E-state index in [0.717, 1.165) is 31.6 Å². The van der Waals surface area contributed by atoms with Gasteiger partial charge in [0.15, 0.2) is 0 Å². The van der Waals surface area contributed by atoms with E-state index in [-0.39, 0.29) is 0 Å². The SMILES string of the molecule is CCCNCCn1c(CC)nc2ccccc21. The molecule has 1 heterocycles. The van der Waals surface area contributed by atoms with Crippen molar-refractivity contribution in [2.24, 2.45) is 0 Å². The van der Waals surface area contributed by atoms with E-state index in [1.807, 2.05) is 0 Å². The van der Waals surface area contributed by atoms with Crippen LogP contribution in [0.3, 0.4) is 0 Å². The molecule has 2 rings (SSSR count). The van der Waals surface area contributed by atoms with Crippen LogP contribution in [0, 0.1) is 0 Å². The Labute approximate surface area is 103 Å². The predicted molar refractivity (Wildman–Crippen MR) is 72.3 cm³/mol. The quantitative estimate of drug-likeness (QED) is 0.774. The van der Waals surface area contributed by atoms with Gasteiger partial charge in [-0.3, -0.25) is 0 Å². The molecule has 0 saturated carbocycles. The molecule has 0 unspecified atom stereocenters. The number of rotatable bonds is 6. The molecule has 0 amide bonds. The van der Waals surface area contributed by atoms with Gasteiger partial charge in [-0.05, 0) is 25.1 Å². The van der Waals surface area contributed by atoms with Gasteiger partial charge in [-0.2, -0.15) is 0 Å². The molecule has 3 nitrogen and oxygen atoms in total. The number of aryl methyl sites for hydroxylation is 1. The molecule has 0 bridgehead atoms. The highest BCUT2D eigenvalue weighted by Crippen LogP contribution is 2.15. The monoisotopic (exact) mass is 231 g/mol. The van der Waals surface area contributed by atoms with Crippen LogP contribution >= 0.6 is 0 Å². The average molecular weight is 231 g/mol. The van der Waals surface area contributed by atoms with Crippen LogP contribution in [0.4, 0.5) is 0 Å². The van der Waals surface area contributed by atoms with Gasteiger partial charge >= 0.3 is 0 Å². The highest BCUT2D eigenvalue weighted by atomic mass is 15.1. The first-order valence-electron chi connectivity index (χ1n) is 6.51. The maximum Gasteiger partial charge on any atom is 0.109 e. The minimum Gasteiger partial charge on any atom is -0.327 e. The summed E-state index contributed by atoms with van der Waals surface area (Å²) in [6.07, 6.45) is 2.17. The Kier molecular flexibility index (Phi) is 4.15. The van der Waals surface area contributed by atoms with Crippen LogP contribution in [-0.4, -0.2) is 22.6 Å². The van der Waals surface area contributed by atoms with Gasteiger partial charge in [0.05, 0.1) is 11.0 Å². The number of fused-ring (bicyclic) bond motifs is 1. The second-order valence-electron chi connectivity index (χ2n) is 4.27. The number of hydrogen-bond donors (Lipinski definition) is 1. The Hall–Kier alpha value is -1.35. The molecule has 0 saturated heterocycles. The van der Waals surface area contributed by atoms with Gasteiger partial charge in [-0.1, -0.05) is 26.0 Å². The molecule has 92 valence electrons. The second-order valence-corrected chi connectivity index (χ2v) is 4.27. The Morgan fingerprint density at radius 2 is 2.00 bits per heavy atom. The molecule has 0 aliphatic carbocycles. The van der Waals surface area contributed by atoms with Crippen molar-refractivity contribution in [3.63, 3.8) is 0 Å². The number of nitrogens with one attached hydrogen (secondary N) is 1. The van der Waals surface area contributed by atoms with Crippen molar-refractivity contribution in [2.75, 3.05) is 13.1 Å². The van der Waals surface area contributed by atoms with E-state index in [9.17, 15) is 0 Å². The molecule has 2 aromatic rings. The summed E-state index contributed by atoms with van der Waals surface area (Å²) in [7, 11) is 0. The summed E-state index contributed by atoms with van der Waals surface area (Å²) >= 11 is 0. The first-order valence-corrected chi connectivity index (χ1v) is 6.51. The molecule has 0 atom stereocenters. The zero-order valence-electron chi connectivity index (χ0n) is 10.7. The van der Waals surface area contributed by atoms with Crippen LogP contribution < -0.4 is 5.32 Å². The molecule has 17 heavy (non-hydrogen) atoms. The number of nitrogens with zero attached hydrogens (tertiary/aromatic N) is 2. The molecule has 1 N–H and O–H groups in total. The number of hydrogen-bond acceptors (Lipinski definition) is 2. The van der Waals surface area contributed by atoms with Gasteiger partial charge in [0.25, 0.3) is 0 Å². The third-order valence-electron chi connectivity index (χ3n) is 2.99. The van der Waals surface area contributed by atoms with Crippen LogP contribution in [0.2, 0.25) is 0 Å². The molecule has 0 aliphatic heterocycles. The molecular formula is C14H21N3. The van der Waals surface area contributed by atoms with E-state index < -0.39 is 0 Å². The maximum atomic E-state index is 4.67. The lowest BCUT2D eigenvalue weighted by atomic mass is 10.3. The molecule has 0 radical (unpaired) electrons. The van der Waals surface area contributed by atoms with Crippen LogP contribution in [0.5, 0.6) is 0 Å². The van der Waals surface area contributed by atoms with E-state index in [2.05, 4.69) is 53.0 Å². The largest absolute Gasteiger partial charge is 0.327 e. The third-order valence-corrected chi connectivity index (χ3v) is 2.99. The van der Waals surface area contributed by atoms with Crippen molar-refractivity contribution < 1.29 is 0 Å². The summed E-state index contributed by atoms with van der Waals surface area (Å²) in [5, 5.41) is 3.44. The van der Waals surface area contributed by atoms with Gasteiger partial charge in [0.2, 0.25) is 0 Å². The first-order chi connectivity index (χ1) is 8.36. The van der Waals surface area contributed by atoms with E-state index in [4.69, 9.17) is 0 Å². The molecule has 0 aliphatic rings. The van der Waals surface area contributed by atoms with E-state index in [1.165, 1.54) is 17.8 Å². The Morgan fingerprint density at radius 1 is 1.18 bits per heavy atom. The summed E-state index contributed by atoms with van der Waals surface area (Å²) in [4.78, 5) is 4.67. The lowest BCUT2D eigenvalue weighted by molar-refractivity contribution is 0.587. The Morgan fingerprint density at radius 3 is 2.76 bits per heavy atom. The lowest BCUT2D eigenvalue weighted by Crippen LogP contribution is -2.21. The molecule has 0 spiro atoms. The minimum atomic E-state index is 0.989. The smallest absolute Gasteiger partial charge is 0.109 e. The lowest BCUT2D eigenvalue weighted by Gasteiger charge is -2.08. The molecular weight excluding hydrogens is 210 g/mol. The number of imidazole rings is 1. The van der Waals surface area contributed by atoms with Gasteiger partial charge < -0.3 is 9.88 Å². The summed E-state index contributed by atoms with van der Waals surface area (Å²) in [5.41, 5.74) is 2.36. The fourth-order valence-corrected chi connectivity index (χ4v) is 2.14. The fourth-order valence-electron chi connectivity index (χ4n) is 2.14. The van der Waals surface area contributed by atoms with Crippen LogP contribution in [0.25, 0.3) is 11.0 Å². The second kappa shape index (κ2) is 5.82. The molecule has 1 aromatic heterocycles. The van der Waals surface area contributed by atoms with Crippen molar-refractivity contribution in [1.29, 1.82) is 0 Å². The number of para-hydroxylation sites is 2. The van der Waals surface area contributed by atoms with E-state index in [1.54, 1.807) is 0 Å². The number of aromatic nitrogens is 2. The molecule has 1 aromatic carbocycles. The topological polar surface area (TPSA) is 29.9 Å². The maximum absolute atomic E-state index is 4.67. The van der Waals surface area contributed by atoms with E-state index >= 15 is 0 Å². The van der Waals surface area contributed by atoms with Gasteiger partial charge in [-0.15, -0.1) is 0 Å². The highest BCUT2D eigenvalue weighted by molar-refractivity contribution is 5.75. The van der Waals surface area contributed by atoms with Crippen molar-refractivity contribution in [1.82, 2.24) is 14.9 Å². The molecule has 3 heteroatoms. The summed E-state index contributed by atoms with van der Waals surface area (Å²) in [6, 6.07) is 8.37. The van der Waals surface area contributed by atoms with E-state index in [0.29, 0.717) is 0 Å². The normalized spacial score (nSPS) is 11.2. The zero-order valence-corrected chi connectivity index (χ0v) is 10.7. The summed E-state index contributed by atoms with van der Waals surface area (Å²) in [6.45, 7) is 7.47. The third kappa shape index (κ3) is 2.67. The number of benzene rings is 1. The van der Waals surface area contributed by atoms with Gasteiger partial charge in [0.1, 0.15) is 5.82 Å². The Balaban J connectivity index is 2.18. The van der Waals surface area contributed by atoms with Gasteiger partial charge in [-0.25, -0.2) is 4.98 Å². The standard InChI is InChI=1S/C14H21N3/c1-3-9-15-10-11-17-13-8-6-5-7-12(13)16-14(17)4-2/h5-8,15H,3-4,9-11H2,1-2H3. The van der Waals surface area contributed by atoms with Gasteiger partial charge in [0, 0.05) is 19.5 Å². The average Bonchev–Trinajstić information content (AvgIpc) is 2.73. The fraction of sp³-hybridized carbons (Fsp3) is 0.500. The van der Waals surface area contributed by atoms with Crippen LogP contribution in [-0.2, 0) is 13.0 Å². The Bertz CT molecular complexity index is 473. The van der Waals surface area contributed by atoms with Crippen molar-refractivity contribution in [2.45, 2.75) is 33.2 Å².